The number of benzene rings is 2. The number of hydrogen-bond acceptors (Lipinski definition) is 10. The molecule has 1 fully saturated rings. The molecule has 2 N–H and O–H groups in total. The number of aromatic nitrogens is 2. The van der Waals surface area contributed by atoms with E-state index < -0.39 is 5.92 Å². The van der Waals surface area contributed by atoms with Crippen molar-refractivity contribution in [3.05, 3.63) is 92.6 Å². The van der Waals surface area contributed by atoms with Crippen molar-refractivity contribution < 1.29 is 33.1 Å². The largest absolute Gasteiger partial charge is 0.494 e. The maximum Gasteiger partial charge on any atom is 0.316 e. The van der Waals surface area contributed by atoms with Crippen molar-refractivity contribution in [1.29, 1.82) is 0 Å². The molecule has 1 aliphatic rings. The molecule has 2 aromatic heterocycles. The zero-order chi connectivity index (χ0) is 39.5. The van der Waals surface area contributed by atoms with Crippen molar-refractivity contribution >= 4 is 17.6 Å². The fraction of sp³-hybridized carbons (Fsp3) is 0.488. The summed E-state index contributed by atoms with van der Waals surface area (Å²) >= 11 is 0. The van der Waals surface area contributed by atoms with E-state index in [-0.39, 0.29) is 29.9 Å². The number of rotatable bonds is 18. The molecule has 1 unspecified atom stereocenters. The fourth-order valence-corrected chi connectivity index (χ4v) is 7.21. The number of carbonyl (C=O) groups is 2. The van der Waals surface area contributed by atoms with E-state index in [0.29, 0.717) is 42.0 Å². The second-order valence-corrected chi connectivity index (χ2v) is 14.5. The van der Waals surface area contributed by atoms with Crippen LogP contribution in [0.25, 0.3) is 11.1 Å². The molecule has 3 heterocycles. The quantitative estimate of drug-likeness (QED) is 0.0777. The summed E-state index contributed by atoms with van der Waals surface area (Å²) in [5, 5.41) is 6.98. The maximum atomic E-state index is 13.9. The van der Waals surface area contributed by atoms with E-state index >= 15 is 0 Å². The molecule has 0 spiro atoms. The standard InChI is InChI=1S/C43H56N4O8/c1-8-47(33-16-20-52-21-17-33)37-24-32(23-35(30(37)6)41(48)44-26-36-28(4)22-29(5)45-42(36)49)31-12-14-34(15-13-31)53-18-10-9-11-19-54-39-25-38(55-46-39)40(27(2)3)43(50)51-7/h12-15,22-25,27,33,40H,8-11,16-21,26H2,1-7H3,(H,44,48)(H,45,49). The summed E-state index contributed by atoms with van der Waals surface area (Å²) in [6.07, 6.45) is 4.40. The Morgan fingerprint density at radius 1 is 0.964 bits per heavy atom. The molecule has 55 heavy (non-hydrogen) atoms. The van der Waals surface area contributed by atoms with Crippen LogP contribution in [-0.2, 0) is 20.8 Å². The van der Waals surface area contributed by atoms with Crippen molar-refractivity contribution in [2.75, 3.05) is 45.0 Å². The lowest BCUT2D eigenvalue weighted by molar-refractivity contribution is -0.144. The summed E-state index contributed by atoms with van der Waals surface area (Å²) < 4.78 is 27.7. The number of methoxy groups -OCH3 is 1. The van der Waals surface area contributed by atoms with Crippen LogP contribution in [0.2, 0.25) is 0 Å². The Kier molecular flexibility index (Phi) is 14.5. The molecule has 1 atom stereocenters. The average molecular weight is 757 g/mol. The van der Waals surface area contributed by atoms with E-state index in [2.05, 4.69) is 33.3 Å². The second-order valence-electron chi connectivity index (χ2n) is 14.5. The van der Waals surface area contributed by atoms with Gasteiger partial charge in [-0.1, -0.05) is 26.0 Å². The molecule has 0 radical (unpaired) electrons. The van der Waals surface area contributed by atoms with Crippen LogP contribution in [-0.4, -0.2) is 68.1 Å². The molecule has 0 bridgehead atoms. The predicted molar refractivity (Wildman–Crippen MR) is 212 cm³/mol. The SMILES string of the molecule is CCN(c1cc(-c2ccc(OCCCCCOc3cc(C(C(=O)OC)C(C)C)on3)cc2)cc(C(=O)NCc2c(C)cc(C)[nH]c2=O)c1C)C1CCOCC1. The number of ether oxygens (including phenoxy) is 4. The van der Waals surface area contributed by atoms with Gasteiger partial charge in [-0.2, -0.15) is 0 Å². The molecular weight excluding hydrogens is 700 g/mol. The highest BCUT2D eigenvalue weighted by atomic mass is 16.5. The van der Waals surface area contributed by atoms with Crippen LogP contribution in [0.1, 0.15) is 97.3 Å². The van der Waals surface area contributed by atoms with Crippen LogP contribution in [0.15, 0.2) is 57.8 Å². The summed E-state index contributed by atoms with van der Waals surface area (Å²) in [4.78, 5) is 43.9. The number of anilines is 1. The number of aryl methyl sites for hydroxylation is 2. The van der Waals surface area contributed by atoms with Gasteiger partial charge in [0.2, 0.25) is 0 Å². The lowest BCUT2D eigenvalue weighted by Gasteiger charge is -2.37. The van der Waals surface area contributed by atoms with Gasteiger partial charge < -0.3 is 38.7 Å². The minimum atomic E-state index is -0.527. The highest BCUT2D eigenvalue weighted by molar-refractivity contribution is 5.99. The van der Waals surface area contributed by atoms with Crippen LogP contribution < -0.4 is 25.2 Å². The Balaban J connectivity index is 1.21. The zero-order valence-corrected chi connectivity index (χ0v) is 33.3. The van der Waals surface area contributed by atoms with Crippen LogP contribution in [0.5, 0.6) is 11.6 Å². The van der Waals surface area contributed by atoms with E-state index in [1.54, 1.807) is 6.07 Å². The number of amides is 1. The van der Waals surface area contributed by atoms with Gasteiger partial charge in [0.1, 0.15) is 11.7 Å². The summed E-state index contributed by atoms with van der Waals surface area (Å²) in [6, 6.07) is 16.0. The molecule has 0 aliphatic carbocycles. The Morgan fingerprint density at radius 3 is 2.33 bits per heavy atom. The van der Waals surface area contributed by atoms with E-state index in [1.165, 1.54) is 7.11 Å². The Labute approximate surface area is 323 Å². The molecule has 1 saturated heterocycles. The van der Waals surface area contributed by atoms with Crippen molar-refractivity contribution in [2.24, 2.45) is 5.92 Å². The molecule has 0 saturated carbocycles. The molecule has 296 valence electrons. The molecule has 4 aromatic rings. The van der Waals surface area contributed by atoms with Gasteiger partial charge in [0, 0.05) is 60.9 Å². The van der Waals surface area contributed by atoms with Crippen LogP contribution in [0, 0.1) is 26.7 Å². The van der Waals surface area contributed by atoms with Gasteiger partial charge in [-0.25, -0.2) is 0 Å². The van der Waals surface area contributed by atoms with Gasteiger partial charge in [-0.15, -0.1) is 0 Å². The summed E-state index contributed by atoms with van der Waals surface area (Å²) in [5.41, 5.74) is 6.39. The normalized spacial score (nSPS) is 13.7. The first-order valence-electron chi connectivity index (χ1n) is 19.4. The van der Waals surface area contributed by atoms with Gasteiger partial charge >= 0.3 is 5.97 Å². The lowest BCUT2D eigenvalue weighted by atomic mass is 9.93. The van der Waals surface area contributed by atoms with Gasteiger partial charge in [-0.05, 0) is 123 Å². The number of hydrogen-bond donors (Lipinski definition) is 2. The van der Waals surface area contributed by atoms with E-state index in [1.807, 2.05) is 71.0 Å². The molecular formula is C43H56N4O8. The third-order valence-corrected chi connectivity index (χ3v) is 10.3. The van der Waals surface area contributed by atoms with Crippen molar-refractivity contribution in [2.45, 2.75) is 92.2 Å². The molecule has 5 rings (SSSR count). The van der Waals surface area contributed by atoms with E-state index in [4.69, 9.17) is 23.5 Å². The van der Waals surface area contributed by atoms with Gasteiger partial charge in [-0.3, -0.25) is 14.4 Å². The highest BCUT2D eigenvalue weighted by Crippen LogP contribution is 2.35. The topological polar surface area (TPSA) is 145 Å². The van der Waals surface area contributed by atoms with Gasteiger partial charge in [0.15, 0.2) is 5.76 Å². The summed E-state index contributed by atoms with van der Waals surface area (Å²) in [7, 11) is 1.36. The van der Waals surface area contributed by atoms with E-state index in [9.17, 15) is 14.4 Å². The first-order valence-corrected chi connectivity index (χ1v) is 19.4. The molecule has 12 heteroatoms. The first-order chi connectivity index (χ1) is 26.5. The molecule has 12 nitrogen and oxygen atoms in total. The van der Waals surface area contributed by atoms with Gasteiger partial charge in [0.25, 0.3) is 17.3 Å². The third-order valence-electron chi connectivity index (χ3n) is 10.3. The van der Waals surface area contributed by atoms with Crippen LogP contribution in [0.3, 0.4) is 0 Å². The number of pyridine rings is 1. The molecule has 1 amide bonds. The first kappa shape index (κ1) is 41.1. The van der Waals surface area contributed by atoms with Gasteiger partial charge in [0.05, 0.1) is 20.3 Å². The number of nitrogens with one attached hydrogen (secondary N) is 2. The Bertz CT molecular complexity index is 1940. The Morgan fingerprint density at radius 2 is 1.67 bits per heavy atom. The number of carbonyl (C=O) groups excluding carboxylic acids is 2. The lowest BCUT2D eigenvalue weighted by Crippen LogP contribution is -2.40. The number of nitrogens with zero attached hydrogens (tertiary/aromatic N) is 2. The van der Waals surface area contributed by atoms with Crippen LogP contribution in [0.4, 0.5) is 5.69 Å². The van der Waals surface area contributed by atoms with Crippen molar-refractivity contribution in [1.82, 2.24) is 15.5 Å². The summed E-state index contributed by atoms with van der Waals surface area (Å²) in [5.74, 6) is 0.444. The smallest absolute Gasteiger partial charge is 0.316 e. The fourth-order valence-electron chi connectivity index (χ4n) is 7.21. The van der Waals surface area contributed by atoms with Crippen molar-refractivity contribution in [3.63, 3.8) is 0 Å². The second kappa shape index (κ2) is 19.5. The molecule has 2 aromatic carbocycles. The number of aromatic amines is 1. The number of H-pyrrole nitrogens is 1. The van der Waals surface area contributed by atoms with Crippen LogP contribution >= 0.6 is 0 Å². The minimum absolute atomic E-state index is 0.000647. The highest BCUT2D eigenvalue weighted by Gasteiger charge is 2.30. The monoisotopic (exact) mass is 756 g/mol. The number of esters is 1. The number of unbranched alkanes of at least 4 members (excludes halogenated alkanes) is 2. The van der Waals surface area contributed by atoms with Crippen molar-refractivity contribution in [3.8, 4) is 22.8 Å². The van der Waals surface area contributed by atoms with E-state index in [0.717, 1.165) is 91.2 Å². The average Bonchev–Trinajstić information content (AvgIpc) is 3.63. The minimum Gasteiger partial charge on any atom is -0.494 e. The molecule has 1 aliphatic heterocycles. The third kappa shape index (κ3) is 10.6. The Hall–Kier alpha value is -5.10. The summed E-state index contributed by atoms with van der Waals surface area (Å²) in [6.45, 7) is 15.1. The predicted octanol–water partition coefficient (Wildman–Crippen LogP) is 7.43. The maximum absolute atomic E-state index is 13.9. The zero-order valence-electron chi connectivity index (χ0n) is 33.3.